The van der Waals surface area contributed by atoms with Gasteiger partial charge in [-0.05, 0) is 25.0 Å². The Balaban J connectivity index is 1.69. The first-order valence-electron chi connectivity index (χ1n) is 7.93. The molecular formula is C17H20N2O4S. The topological polar surface area (TPSA) is 68.2 Å². The van der Waals surface area contributed by atoms with E-state index in [1.54, 1.807) is 4.90 Å². The van der Waals surface area contributed by atoms with Crippen molar-refractivity contribution < 1.29 is 19.1 Å². The van der Waals surface area contributed by atoms with Gasteiger partial charge in [0.05, 0.1) is 17.8 Å². The zero-order valence-electron chi connectivity index (χ0n) is 13.7. The molecule has 3 atom stereocenters. The molecule has 24 heavy (non-hydrogen) atoms. The molecule has 6 nitrogen and oxygen atoms in total. The molecule has 1 aromatic carbocycles. The van der Waals surface area contributed by atoms with Crippen LogP contribution in [0.5, 0.6) is 0 Å². The molecule has 0 N–H and O–H groups in total. The minimum atomic E-state index is -0.302. The fourth-order valence-corrected chi connectivity index (χ4v) is 4.11. The van der Waals surface area contributed by atoms with Crippen molar-refractivity contribution >= 4 is 34.5 Å². The maximum absolute atomic E-state index is 12.1. The Labute approximate surface area is 145 Å². The fraction of sp³-hybridized carbons (Fsp3) is 0.471. The highest BCUT2D eigenvalue weighted by molar-refractivity contribution is 8.15. The second-order valence-corrected chi connectivity index (χ2v) is 6.86. The lowest BCUT2D eigenvalue weighted by atomic mass is 10.1. The molecule has 7 heteroatoms. The number of rotatable bonds is 3. The molecule has 1 fully saturated rings. The van der Waals surface area contributed by atoms with Crippen molar-refractivity contribution in [1.82, 2.24) is 0 Å². The Hall–Kier alpha value is -1.86. The molecule has 0 aromatic heterocycles. The summed E-state index contributed by atoms with van der Waals surface area (Å²) in [6.07, 6.45) is 1.53. The maximum atomic E-state index is 12.1. The SMILES string of the molecule is CC(=O)OCC1CCC2N=C(N(C(C)=O)c3ccccc3)SC2O1. The van der Waals surface area contributed by atoms with E-state index in [9.17, 15) is 9.59 Å². The third kappa shape index (κ3) is 3.79. The molecule has 0 saturated carbocycles. The highest BCUT2D eigenvalue weighted by Gasteiger charge is 2.40. The fourth-order valence-electron chi connectivity index (χ4n) is 2.80. The van der Waals surface area contributed by atoms with Gasteiger partial charge < -0.3 is 9.47 Å². The largest absolute Gasteiger partial charge is 0.463 e. The Morgan fingerprint density at radius 2 is 2.04 bits per heavy atom. The molecule has 0 aliphatic carbocycles. The van der Waals surface area contributed by atoms with Gasteiger partial charge in [-0.1, -0.05) is 30.0 Å². The predicted octanol–water partition coefficient (Wildman–Crippen LogP) is 2.58. The van der Waals surface area contributed by atoms with Crippen LogP contribution >= 0.6 is 11.8 Å². The van der Waals surface area contributed by atoms with Gasteiger partial charge in [0.25, 0.3) is 0 Å². The Morgan fingerprint density at radius 1 is 1.29 bits per heavy atom. The third-order valence-corrected chi connectivity index (χ3v) is 5.07. The molecule has 0 bridgehead atoms. The van der Waals surface area contributed by atoms with Gasteiger partial charge in [-0.25, -0.2) is 0 Å². The third-order valence-electron chi connectivity index (χ3n) is 3.92. The van der Waals surface area contributed by atoms with Crippen molar-refractivity contribution in [1.29, 1.82) is 0 Å². The lowest BCUT2D eigenvalue weighted by molar-refractivity contribution is -0.147. The zero-order chi connectivity index (χ0) is 17.1. The van der Waals surface area contributed by atoms with E-state index in [1.807, 2.05) is 30.3 Å². The average Bonchev–Trinajstić information content (AvgIpc) is 2.96. The van der Waals surface area contributed by atoms with Crippen molar-refractivity contribution in [2.45, 2.75) is 44.3 Å². The first-order chi connectivity index (χ1) is 11.5. The van der Waals surface area contributed by atoms with Crippen LogP contribution in [0.15, 0.2) is 35.3 Å². The molecule has 0 spiro atoms. The van der Waals surface area contributed by atoms with Crippen LogP contribution in [0.25, 0.3) is 0 Å². The van der Waals surface area contributed by atoms with E-state index in [4.69, 9.17) is 9.47 Å². The summed E-state index contributed by atoms with van der Waals surface area (Å²) < 4.78 is 11.0. The summed E-state index contributed by atoms with van der Waals surface area (Å²) in [7, 11) is 0. The molecule has 1 aromatic rings. The summed E-state index contributed by atoms with van der Waals surface area (Å²) in [4.78, 5) is 29.4. The van der Waals surface area contributed by atoms with Crippen LogP contribution in [-0.2, 0) is 19.1 Å². The van der Waals surface area contributed by atoms with Gasteiger partial charge in [0.1, 0.15) is 12.0 Å². The Kier molecular flexibility index (Phi) is 5.20. The number of para-hydroxylation sites is 1. The van der Waals surface area contributed by atoms with Crippen LogP contribution in [0.2, 0.25) is 0 Å². The molecule has 1 saturated heterocycles. The van der Waals surface area contributed by atoms with Gasteiger partial charge in [0.2, 0.25) is 5.91 Å². The van der Waals surface area contributed by atoms with E-state index in [1.165, 1.54) is 25.6 Å². The quantitative estimate of drug-likeness (QED) is 0.786. The monoisotopic (exact) mass is 348 g/mol. The summed E-state index contributed by atoms with van der Waals surface area (Å²) >= 11 is 1.46. The van der Waals surface area contributed by atoms with E-state index >= 15 is 0 Å². The van der Waals surface area contributed by atoms with Crippen LogP contribution in [-0.4, -0.2) is 41.2 Å². The number of esters is 1. The minimum Gasteiger partial charge on any atom is -0.463 e. The summed E-state index contributed by atoms with van der Waals surface area (Å²) in [5.41, 5.74) is 0.659. The predicted molar refractivity (Wildman–Crippen MR) is 92.9 cm³/mol. The van der Waals surface area contributed by atoms with Crippen LogP contribution in [0.4, 0.5) is 5.69 Å². The van der Waals surface area contributed by atoms with Crippen molar-refractivity contribution in [3.05, 3.63) is 30.3 Å². The Bertz CT molecular complexity index is 649. The molecule has 2 aliphatic heterocycles. The van der Waals surface area contributed by atoms with Crippen LogP contribution in [0.3, 0.4) is 0 Å². The molecule has 2 aliphatic rings. The van der Waals surface area contributed by atoms with Crippen molar-refractivity contribution in [3.8, 4) is 0 Å². The van der Waals surface area contributed by atoms with Crippen LogP contribution in [0.1, 0.15) is 26.7 Å². The molecule has 128 valence electrons. The van der Waals surface area contributed by atoms with Gasteiger partial charge in [0.15, 0.2) is 5.17 Å². The summed E-state index contributed by atoms with van der Waals surface area (Å²) in [5, 5.41) is 0.664. The first-order valence-corrected chi connectivity index (χ1v) is 8.81. The normalized spacial score (nSPS) is 25.6. The number of carbonyl (C=O) groups is 2. The molecule has 1 amide bonds. The van der Waals surface area contributed by atoms with Crippen molar-refractivity contribution in [2.75, 3.05) is 11.5 Å². The number of anilines is 1. The summed E-state index contributed by atoms with van der Waals surface area (Å²) in [6.45, 7) is 3.19. The van der Waals surface area contributed by atoms with Gasteiger partial charge in [-0.3, -0.25) is 19.5 Å². The second kappa shape index (κ2) is 7.36. The number of hydrogen-bond donors (Lipinski definition) is 0. The number of nitrogens with zero attached hydrogens (tertiary/aromatic N) is 2. The van der Waals surface area contributed by atoms with E-state index in [-0.39, 0.29) is 36.1 Å². The highest BCUT2D eigenvalue weighted by atomic mass is 32.2. The van der Waals surface area contributed by atoms with Crippen LogP contribution < -0.4 is 4.90 Å². The molecule has 0 radical (unpaired) electrons. The lowest BCUT2D eigenvalue weighted by Gasteiger charge is -2.30. The smallest absolute Gasteiger partial charge is 0.302 e. The number of ether oxygens (including phenoxy) is 2. The molecule has 3 unspecified atom stereocenters. The number of amidine groups is 1. The Morgan fingerprint density at radius 3 is 2.71 bits per heavy atom. The summed E-state index contributed by atoms with van der Waals surface area (Å²) in [5.74, 6) is -0.383. The highest BCUT2D eigenvalue weighted by Crippen LogP contribution is 2.38. The number of amides is 1. The van der Waals surface area contributed by atoms with Crippen LogP contribution in [0, 0.1) is 0 Å². The number of hydrogen-bond acceptors (Lipinski definition) is 6. The van der Waals surface area contributed by atoms with E-state index in [0.717, 1.165) is 18.5 Å². The average molecular weight is 348 g/mol. The lowest BCUT2D eigenvalue weighted by Crippen LogP contribution is -2.36. The maximum Gasteiger partial charge on any atom is 0.302 e. The number of aliphatic imine (C=N–C) groups is 1. The van der Waals surface area contributed by atoms with Gasteiger partial charge >= 0.3 is 5.97 Å². The number of fused-ring (bicyclic) bond motifs is 1. The van der Waals surface area contributed by atoms with E-state index in [2.05, 4.69) is 4.99 Å². The van der Waals surface area contributed by atoms with Crippen molar-refractivity contribution in [2.24, 2.45) is 4.99 Å². The number of thioether (sulfide) groups is 1. The first kappa shape index (κ1) is 17.0. The molecular weight excluding hydrogens is 328 g/mol. The molecule has 2 heterocycles. The summed E-state index contributed by atoms with van der Waals surface area (Å²) in [6, 6.07) is 9.50. The van der Waals surface area contributed by atoms with E-state index < -0.39 is 0 Å². The van der Waals surface area contributed by atoms with Crippen molar-refractivity contribution in [3.63, 3.8) is 0 Å². The minimum absolute atomic E-state index is 0.0316. The van der Waals surface area contributed by atoms with Gasteiger partial charge in [-0.15, -0.1) is 0 Å². The zero-order valence-corrected chi connectivity index (χ0v) is 14.5. The second-order valence-electron chi connectivity index (χ2n) is 5.79. The van der Waals surface area contributed by atoms with Gasteiger partial charge in [-0.2, -0.15) is 0 Å². The van der Waals surface area contributed by atoms with E-state index in [0.29, 0.717) is 5.17 Å². The molecule has 3 rings (SSSR count). The number of benzene rings is 1. The van der Waals surface area contributed by atoms with Gasteiger partial charge in [0, 0.05) is 13.8 Å². The standard InChI is InChI=1S/C17H20N2O4S/c1-11(20)19(13-6-4-3-5-7-13)17-18-15-9-8-14(10-22-12(2)21)23-16(15)24-17/h3-7,14-16H,8-10H2,1-2H3. The number of carbonyl (C=O) groups excluding carboxylic acids is 2.